The molecule has 0 radical (unpaired) electrons. The number of hydrogen-bond donors (Lipinski definition) is 1. The van der Waals surface area contributed by atoms with Gasteiger partial charge >= 0.3 is 6.09 Å². The van der Waals surface area contributed by atoms with Crippen molar-refractivity contribution in [1.29, 1.82) is 0 Å². The third-order valence-electron chi connectivity index (χ3n) is 4.93. The van der Waals surface area contributed by atoms with E-state index in [-0.39, 0.29) is 18.3 Å². The molecule has 1 fully saturated rings. The highest BCUT2D eigenvalue weighted by atomic mass is 16.6. The second kappa shape index (κ2) is 9.33. The summed E-state index contributed by atoms with van der Waals surface area (Å²) >= 11 is 0. The van der Waals surface area contributed by atoms with Gasteiger partial charge in [-0.25, -0.2) is 4.79 Å². The number of amides is 1. The first-order chi connectivity index (χ1) is 13.1. The van der Waals surface area contributed by atoms with Gasteiger partial charge in [-0.15, -0.1) is 0 Å². The number of Topliss-reactive ketones (excluding diaryl/α,β-unsaturated/α-hetero) is 1. The molecule has 3 rings (SSSR count). The second-order valence-corrected chi connectivity index (χ2v) is 6.96. The minimum Gasteiger partial charge on any atom is -0.445 e. The van der Waals surface area contributed by atoms with Gasteiger partial charge in [-0.1, -0.05) is 60.7 Å². The molecule has 0 saturated carbocycles. The quantitative estimate of drug-likeness (QED) is 0.816. The van der Waals surface area contributed by atoms with E-state index in [0.29, 0.717) is 6.54 Å². The molecule has 27 heavy (non-hydrogen) atoms. The van der Waals surface area contributed by atoms with Gasteiger partial charge in [0.15, 0.2) is 5.78 Å². The average Bonchev–Trinajstić information content (AvgIpc) is 3.21. The van der Waals surface area contributed by atoms with Crippen LogP contribution in [0, 0.1) is 5.92 Å². The fourth-order valence-corrected chi connectivity index (χ4v) is 3.61. The van der Waals surface area contributed by atoms with Crippen molar-refractivity contribution < 1.29 is 14.3 Å². The largest absolute Gasteiger partial charge is 0.445 e. The molecule has 5 heteroatoms. The monoisotopic (exact) mass is 366 g/mol. The molecular weight excluding hydrogens is 340 g/mol. The summed E-state index contributed by atoms with van der Waals surface area (Å²) in [6.45, 7) is 3.72. The van der Waals surface area contributed by atoms with E-state index in [1.54, 1.807) is 11.8 Å². The highest BCUT2D eigenvalue weighted by Crippen LogP contribution is 2.23. The number of hydrogen-bond acceptors (Lipinski definition) is 4. The number of carbonyl (C=O) groups is 2. The van der Waals surface area contributed by atoms with E-state index >= 15 is 0 Å². The molecule has 1 saturated heterocycles. The molecule has 1 aliphatic heterocycles. The Morgan fingerprint density at radius 3 is 2.26 bits per heavy atom. The van der Waals surface area contributed by atoms with Crippen molar-refractivity contribution in [1.82, 2.24) is 10.2 Å². The number of carbonyl (C=O) groups excluding carboxylic acids is 2. The van der Waals surface area contributed by atoms with Gasteiger partial charge in [0.2, 0.25) is 0 Å². The summed E-state index contributed by atoms with van der Waals surface area (Å²) in [5.74, 6) is 0.103. The van der Waals surface area contributed by atoms with Gasteiger partial charge in [0.05, 0.1) is 6.04 Å². The minimum absolute atomic E-state index is 0.00343. The molecular formula is C22H26N2O3. The highest BCUT2D eigenvalue weighted by Gasteiger charge is 2.36. The van der Waals surface area contributed by atoms with E-state index in [2.05, 4.69) is 5.32 Å². The number of ketones is 1. The normalized spacial score (nSPS) is 17.3. The zero-order valence-electron chi connectivity index (χ0n) is 15.6. The number of ether oxygens (including phenoxy) is 1. The molecule has 5 nitrogen and oxygen atoms in total. The zero-order valence-corrected chi connectivity index (χ0v) is 15.6. The van der Waals surface area contributed by atoms with Gasteiger partial charge in [0, 0.05) is 19.0 Å². The third-order valence-corrected chi connectivity index (χ3v) is 4.93. The van der Waals surface area contributed by atoms with Crippen LogP contribution in [0.2, 0.25) is 0 Å². The Kier molecular flexibility index (Phi) is 6.60. The molecule has 0 bridgehead atoms. The van der Waals surface area contributed by atoms with Crippen LogP contribution in [0.25, 0.3) is 0 Å². The fraction of sp³-hybridized carbons (Fsp3) is 0.364. The summed E-state index contributed by atoms with van der Waals surface area (Å²) in [6, 6.07) is 18.8. The summed E-state index contributed by atoms with van der Waals surface area (Å²) < 4.78 is 5.57. The molecule has 142 valence electrons. The molecule has 1 aliphatic rings. The minimum atomic E-state index is -0.483. The molecule has 0 aromatic heterocycles. The van der Waals surface area contributed by atoms with Crippen LogP contribution in [-0.2, 0) is 22.7 Å². The summed E-state index contributed by atoms with van der Waals surface area (Å²) in [5, 5.41) is 3.29. The van der Waals surface area contributed by atoms with Gasteiger partial charge in [-0.2, -0.15) is 0 Å². The van der Waals surface area contributed by atoms with E-state index in [0.717, 1.165) is 30.6 Å². The van der Waals surface area contributed by atoms with E-state index in [1.165, 1.54) is 0 Å². The van der Waals surface area contributed by atoms with Crippen LogP contribution in [0.4, 0.5) is 4.79 Å². The summed E-state index contributed by atoms with van der Waals surface area (Å²) in [4.78, 5) is 27.0. The fourth-order valence-electron chi connectivity index (χ4n) is 3.61. The standard InChI is InChI=1S/C22H26N2O3/c1-17(25)21(20-12-13-23-14-20)24(15-18-8-4-2-5-9-18)22(26)27-16-19-10-6-3-7-11-19/h2-11,20-21,23H,12-16H2,1H3. The lowest BCUT2D eigenvalue weighted by Gasteiger charge is -2.33. The van der Waals surface area contributed by atoms with Crippen LogP contribution in [0.3, 0.4) is 0 Å². The van der Waals surface area contributed by atoms with Crippen molar-refractivity contribution in [2.24, 2.45) is 5.92 Å². The Balaban J connectivity index is 1.79. The summed E-state index contributed by atoms with van der Waals surface area (Å²) in [6.07, 6.45) is 0.427. The number of benzene rings is 2. The maximum atomic E-state index is 13.0. The molecule has 1 heterocycles. The predicted molar refractivity (Wildman–Crippen MR) is 104 cm³/mol. The number of rotatable bonds is 7. The topological polar surface area (TPSA) is 58.6 Å². The highest BCUT2D eigenvalue weighted by molar-refractivity contribution is 5.86. The summed E-state index contributed by atoms with van der Waals surface area (Å²) in [5.41, 5.74) is 1.90. The van der Waals surface area contributed by atoms with Crippen LogP contribution in [0.5, 0.6) is 0 Å². The maximum absolute atomic E-state index is 13.0. The molecule has 0 aliphatic carbocycles. The first-order valence-corrected chi connectivity index (χ1v) is 9.37. The van der Waals surface area contributed by atoms with Crippen LogP contribution in [0.1, 0.15) is 24.5 Å². The van der Waals surface area contributed by atoms with Crippen molar-refractivity contribution in [3.63, 3.8) is 0 Å². The lowest BCUT2D eigenvalue weighted by Crippen LogP contribution is -2.49. The van der Waals surface area contributed by atoms with Crippen molar-refractivity contribution in [2.45, 2.75) is 32.5 Å². The van der Waals surface area contributed by atoms with Crippen molar-refractivity contribution >= 4 is 11.9 Å². The van der Waals surface area contributed by atoms with E-state index in [1.807, 2.05) is 60.7 Å². The Hall–Kier alpha value is -2.66. The third kappa shape index (κ3) is 5.17. The van der Waals surface area contributed by atoms with Crippen molar-refractivity contribution in [2.75, 3.05) is 13.1 Å². The van der Waals surface area contributed by atoms with Crippen LogP contribution < -0.4 is 5.32 Å². The lowest BCUT2D eigenvalue weighted by molar-refractivity contribution is -0.123. The lowest BCUT2D eigenvalue weighted by atomic mass is 9.94. The maximum Gasteiger partial charge on any atom is 0.411 e. The molecule has 1 N–H and O–H groups in total. The van der Waals surface area contributed by atoms with Crippen LogP contribution in [0.15, 0.2) is 60.7 Å². The number of nitrogens with one attached hydrogen (secondary N) is 1. The molecule has 2 aromatic carbocycles. The number of nitrogens with zero attached hydrogens (tertiary/aromatic N) is 1. The second-order valence-electron chi connectivity index (χ2n) is 6.96. The van der Waals surface area contributed by atoms with Gasteiger partial charge in [-0.3, -0.25) is 9.69 Å². The van der Waals surface area contributed by atoms with E-state index in [4.69, 9.17) is 4.74 Å². The van der Waals surface area contributed by atoms with Crippen LogP contribution in [-0.4, -0.2) is 35.9 Å². The molecule has 2 atom stereocenters. The first kappa shape index (κ1) is 19.1. The molecule has 0 spiro atoms. The predicted octanol–water partition coefficient (Wildman–Crippen LogP) is 3.39. The SMILES string of the molecule is CC(=O)C(C1CCNC1)N(Cc1ccccc1)C(=O)OCc1ccccc1. The van der Waals surface area contributed by atoms with Gasteiger partial charge < -0.3 is 10.1 Å². The molecule has 1 amide bonds. The Bertz CT molecular complexity index is 743. The zero-order chi connectivity index (χ0) is 19.1. The molecule has 2 unspecified atom stereocenters. The van der Waals surface area contributed by atoms with Gasteiger partial charge in [0.25, 0.3) is 0 Å². The Morgan fingerprint density at radius 1 is 1.07 bits per heavy atom. The van der Waals surface area contributed by atoms with Crippen LogP contribution >= 0.6 is 0 Å². The average molecular weight is 366 g/mol. The Labute approximate surface area is 160 Å². The van der Waals surface area contributed by atoms with Gasteiger partial charge in [-0.05, 0) is 31.0 Å². The Morgan fingerprint density at radius 2 is 1.70 bits per heavy atom. The summed E-state index contributed by atoms with van der Waals surface area (Å²) in [7, 11) is 0. The first-order valence-electron chi connectivity index (χ1n) is 9.37. The molecule has 2 aromatic rings. The smallest absolute Gasteiger partial charge is 0.411 e. The van der Waals surface area contributed by atoms with Crippen molar-refractivity contribution in [3.05, 3.63) is 71.8 Å². The van der Waals surface area contributed by atoms with Crippen molar-refractivity contribution in [3.8, 4) is 0 Å². The van der Waals surface area contributed by atoms with Gasteiger partial charge in [0.1, 0.15) is 6.61 Å². The van der Waals surface area contributed by atoms with E-state index in [9.17, 15) is 9.59 Å². The van der Waals surface area contributed by atoms with E-state index < -0.39 is 12.1 Å².